The maximum atomic E-state index is 11.4. The SMILES string of the molecule is CC(C)(C)OC(=O)NNC(=S)Nc1ccc(Br)cc1Cl. The fraction of sp³-hybridized carbons (Fsp3) is 0.333. The molecule has 1 rings (SSSR count). The normalized spacial score (nSPS) is 10.7. The second kappa shape index (κ2) is 7.10. The van der Waals surface area contributed by atoms with Gasteiger partial charge in [0.1, 0.15) is 5.60 Å². The van der Waals surface area contributed by atoms with Gasteiger partial charge in [0.2, 0.25) is 0 Å². The van der Waals surface area contributed by atoms with E-state index < -0.39 is 11.7 Å². The van der Waals surface area contributed by atoms with Crippen LogP contribution < -0.4 is 16.2 Å². The highest BCUT2D eigenvalue weighted by atomic mass is 79.9. The van der Waals surface area contributed by atoms with Crippen LogP contribution in [0.1, 0.15) is 20.8 Å². The predicted octanol–water partition coefficient (Wildman–Crippen LogP) is 3.83. The van der Waals surface area contributed by atoms with Crippen molar-refractivity contribution in [2.45, 2.75) is 26.4 Å². The van der Waals surface area contributed by atoms with Gasteiger partial charge in [-0.15, -0.1) is 0 Å². The first kappa shape index (κ1) is 17.0. The molecule has 0 atom stereocenters. The fourth-order valence-electron chi connectivity index (χ4n) is 1.16. The van der Waals surface area contributed by atoms with Gasteiger partial charge in [-0.3, -0.25) is 5.43 Å². The molecule has 0 aromatic heterocycles. The number of hydrogen-bond acceptors (Lipinski definition) is 3. The van der Waals surface area contributed by atoms with E-state index in [2.05, 4.69) is 32.1 Å². The van der Waals surface area contributed by atoms with Crippen LogP contribution in [0.2, 0.25) is 5.02 Å². The second-order valence-electron chi connectivity index (χ2n) is 4.83. The van der Waals surface area contributed by atoms with Crippen molar-refractivity contribution in [3.63, 3.8) is 0 Å². The van der Waals surface area contributed by atoms with Gasteiger partial charge < -0.3 is 10.1 Å². The number of thiocarbonyl (C=S) groups is 1. The monoisotopic (exact) mass is 379 g/mol. The average Bonchev–Trinajstić information content (AvgIpc) is 2.28. The maximum Gasteiger partial charge on any atom is 0.426 e. The molecule has 0 fully saturated rings. The highest BCUT2D eigenvalue weighted by molar-refractivity contribution is 9.10. The number of benzene rings is 1. The van der Waals surface area contributed by atoms with Crippen LogP contribution in [-0.4, -0.2) is 16.8 Å². The molecule has 0 spiro atoms. The summed E-state index contributed by atoms with van der Waals surface area (Å²) < 4.78 is 5.91. The number of nitrogens with one attached hydrogen (secondary N) is 3. The maximum absolute atomic E-state index is 11.4. The van der Waals surface area contributed by atoms with E-state index in [0.29, 0.717) is 10.7 Å². The third-order valence-electron chi connectivity index (χ3n) is 1.86. The minimum Gasteiger partial charge on any atom is -0.443 e. The van der Waals surface area contributed by atoms with Crippen LogP contribution in [0.3, 0.4) is 0 Å². The Morgan fingerprint density at radius 2 is 2.00 bits per heavy atom. The van der Waals surface area contributed by atoms with Crippen LogP contribution in [0.4, 0.5) is 10.5 Å². The first-order chi connectivity index (χ1) is 9.17. The molecule has 110 valence electrons. The van der Waals surface area contributed by atoms with E-state index in [1.54, 1.807) is 32.9 Å². The molecule has 1 amide bonds. The summed E-state index contributed by atoms with van der Waals surface area (Å²) in [5.41, 5.74) is 4.89. The predicted molar refractivity (Wildman–Crippen MR) is 87.9 cm³/mol. The second-order valence-corrected chi connectivity index (χ2v) is 6.56. The lowest BCUT2D eigenvalue weighted by Crippen LogP contribution is -2.45. The zero-order valence-electron chi connectivity index (χ0n) is 11.2. The fourth-order valence-corrected chi connectivity index (χ4v) is 2.04. The van der Waals surface area contributed by atoms with Crippen molar-refractivity contribution in [1.29, 1.82) is 0 Å². The van der Waals surface area contributed by atoms with Gasteiger partial charge >= 0.3 is 6.09 Å². The van der Waals surface area contributed by atoms with Gasteiger partial charge in [0.05, 0.1) is 10.7 Å². The van der Waals surface area contributed by atoms with E-state index >= 15 is 0 Å². The lowest BCUT2D eigenvalue weighted by atomic mass is 10.2. The van der Waals surface area contributed by atoms with Gasteiger partial charge in [-0.25, -0.2) is 10.2 Å². The Bertz CT molecular complexity index is 520. The van der Waals surface area contributed by atoms with E-state index in [4.69, 9.17) is 28.6 Å². The third-order valence-corrected chi connectivity index (χ3v) is 2.87. The number of ether oxygens (including phenoxy) is 1. The van der Waals surface area contributed by atoms with E-state index in [0.717, 1.165) is 4.47 Å². The quantitative estimate of drug-likeness (QED) is 0.510. The summed E-state index contributed by atoms with van der Waals surface area (Å²) in [6.07, 6.45) is -0.622. The Hall–Kier alpha value is -1.05. The van der Waals surface area contributed by atoms with E-state index in [1.807, 2.05) is 6.07 Å². The van der Waals surface area contributed by atoms with Gasteiger partial charge in [-0.1, -0.05) is 27.5 Å². The smallest absolute Gasteiger partial charge is 0.426 e. The Labute approximate surface area is 136 Å². The minimum absolute atomic E-state index is 0.195. The number of rotatable bonds is 1. The highest BCUT2D eigenvalue weighted by Gasteiger charge is 2.16. The number of amides is 1. The first-order valence-corrected chi connectivity index (χ1v) is 7.26. The third kappa shape index (κ3) is 6.40. The number of hydrogen-bond donors (Lipinski definition) is 3. The number of carbonyl (C=O) groups is 1. The molecular formula is C12H15BrClN3O2S. The van der Waals surface area contributed by atoms with Crippen molar-refractivity contribution in [3.8, 4) is 0 Å². The summed E-state index contributed by atoms with van der Waals surface area (Å²) >= 11 is 14.4. The van der Waals surface area contributed by atoms with Crippen LogP contribution in [0.25, 0.3) is 0 Å². The molecule has 0 unspecified atom stereocenters. The van der Waals surface area contributed by atoms with E-state index in [-0.39, 0.29) is 5.11 Å². The van der Waals surface area contributed by atoms with Crippen LogP contribution in [0.15, 0.2) is 22.7 Å². The van der Waals surface area contributed by atoms with Crippen molar-refractivity contribution in [3.05, 3.63) is 27.7 Å². The van der Waals surface area contributed by atoms with Gasteiger partial charge in [0.25, 0.3) is 0 Å². The molecule has 8 heteroatoms. The lowest BCUT2D eigenvalue weighted by Gasteiger charge is -2.20. The van der Waals surface area contributed by atoms with Crippen LogP contribution >= 0.6 is 39.7 Å². The Balaban J connectivity index is 2.46. The molecule has 3 N–H and O–H groups in total. The summed E-state index contributed by atoms with van der Waals surface area (Å²) in [5.74, 6) is 0. The van der Waals surface area contributed by atoms with Crippen molar-refractivity contribution in [1.82, 2.24) is 10.9 Å². The largest absolute Gasteiger partial charge is 0.443 e. The van der Waals surface area contributed by atoms with Gasteiger partial charge in [-0.2, -0.15) is 0 Å². The van der Waals surface area contributed by atoms with Gasteiger partial charge in [-0.05, 0) is 51.2 Å². The number of hydrazine groups is 1. The number of carbonyl (C=O) groups excluding carboxylic acids is 1. The average molecular weight is 381 g/mol. The molecule has 0 aliphatic carbocycles. The van der Waals surface area contributed by atoms with Gasteiger partial charge in [0.15, 0.2) is 5.11 Å². The minimum atomic E-state index is -0.622. The summed E-state index contributed by atoms with van der Waals surface area (Å²) in [5, 5.41) is 3.55. The molecule has 0 saturated heterocycles. The summed E-state index contributed by atoms with van der Waals surface area (Å²) in [6, 6.07) is 5.31. The van der Waals surface area contributed by atoms with E-state index in [1.165, 1.54) is 0 Å². The molecule has 0 aliphatic heterocycles. The molecular weight excluding hydrogens is 366 g/mol. The Morgan fingerprint density at radius 1 is 1.35 bits per heavy atom. The van der Waals surface area contributed by atoms with E-state index in [9.17, 15) is 4.79 Å². The molecule has 5 nitrogen and oxygen atoms in total. The molecule has 0 radical (unpaired) electrons. The molecule has 0 saturated carbocycles. The number of halogens is 2. The van der Waals surface area contributed by atoms with Crippen LogP contribution in [0, 0.1) is 0 Å². The Morgan fingerprint density at radius 3 is 2.55 bits per heavy atom. The number of anilines is 1. The van der Waals surface area contributed by atoms with Crippen molar-refractivity contribution < 1.29 is 9.53 Å². The van der Waals surface area contributed by atoms with Crippen molar-refractivity contribution >= 4 is 56.6 Å². The molecule has 1 aromatic rings. The molecule has 0 bridgehead atoms. The summed E-state index contributed by atoms with van der Waals surface area (Å²) in [7, 11) is 0. The topological polar surface area (TPSA) is 62.4 Å². The van der Waals surface area contributed by atoms with Crippen molar-refractivity contribution in [2.75, 3.05) is 5.32 Å². The summed E-state index contributed by atoms with van der Waals surface area (Å²) in [6.45, 7) is 5.31. The zero-order chi connectivity index (χ0) is 15.3. The van der Waals surface area contributed by atoms with Crippen LogP contribution in [-0.2, 0) is 4.74 Å². The molecule has 20 heavy (non-hydrogen) atoms. The first-order valence-electron chi connectivity index (χ1n) is 5.68. The van der Waals surface area contributed by atoms with Crippen LogP contribution in [0.5, 0.6) is 0 Å². The standard InChI is InChI=1S/C12H15BrClN3O2S/c1-12(2,3)19-11(18)17-16-10(20)15-9-5-4-7(13)6-8(9)14/h4-6H,1-3H3,(H,17,18)(H2,15,16,20). The molecule has 0 aliphatic rings. The molecule has 1 aromatic carbocycles. The highest BCUT2D eigenvalue weighted by Crippen LogP contribution is 2.25. The molecule has 0 heterocycles. The Kier molecular flexibility index (Phi) is 6.04. The zero-order valence-corrected chi connectivity index (χ0v) is 14.4. The van der Waals surface area contributed by atoms with Crippen molar-refractivity contribution in [2.24, 2.45) is 0 Å². The summed E-state index contributed by atoms with van der Waals surface area (Å²) in [4.78, 5) is 11.4. The lowest BCUT2D eigenvalue weighted by molar-refractivity contribution is 0.0513. The van der Waals surface area contributed by atoms with Gasteiger partial charge in [0, 0.05) is 4.47 Å².